The van der Waals surface area contributed by atoms with E-state index in [-0.39, 0.29) is 5.91 Å². The Bertz CT molecular complexity index is 583. The number of carbonyl (C=O) groups excluding carboxylic acids is 1. The van der Waals surface area contributed by atoms with Crippen LogP contribution in [0.4, 0.5) is 5.69 Å². The molecule has 0 aliphatic rings. The number of nitrogens with two attached hydrogens (primary N) is 1. The van der Waals surface area contributed by atoms with Gasteiger partial charge in [0.1, 0.15) is 4.88 Å². The highest BCUT2D eigenvalue weighted by Gasteiger charge is 2.17. The monoisotopic (exact) mass is 300 g/mol. The second-order valence-corrected chi connectivity index (χ2v) is 6.15. The molecule has 0 atom stereocenters. The number of amides is 1. The number of hydrogen-bond donors (Lipinski definition) is 2. The molecular weight excluding hydrogens is 288 g/mol. The Kier molecular flexibility index (Phi) is 4.37. The van der Waals surface area contributed by atoms with Crippen molar-refractivity contribution in [3.05, 3.63) is 28.1 Å². The van der Waals surface area contributed by atoms with Gasteiger partial charge in [-0.05, 0) is 18.4 Å². The Morgan fingerprint density at radius 2 is 2.33 bits per heavy atom. The summed E-state index contributed by atoms with van der Waals surface area (Å²) < 4.78 is 0.940. The second-order valence-electron chi connectivity index (χ2n) is 3.71. The van der Waals surface area contributed by atoms with Gasteiger partial charge < -0.3 is 11.1 Å². The van der Waals surface area contributed by atoms with Gasteiger partial charge in [0.2, 0.25) is 0 Å². The van der Waals surface area contributed by atoms with Gasteiger partial charge in [0.25, 0.3) is 5.91 Å². The van der Waals surface area contributed by atoms with E-state index in [4.69, 9.17) is 17.3 Å². The van der Waals surface area contributed by atoms with Crippen molar-refractivity contribution in [2.75, 3.05) is 24.3 Å². The van der Waals surface area contributed by atoms with Crippen molar-refractivity contribution in [1.29, 1.82) is 0 Å². The van der Waals surface area contributed by atoms with Gasteiger partial charge in [-0.25, -0.2) is 0 Å². The minimum Gasteiger partial charge on any atom is -0.397 e. The van der Waals surface area contributed by atoms with Crippen LogP contribution in [0.15, 0.2) is 18.2 Å². The number of thiophene rings is 1. The third-order valence-corrected chi connectivity index (χ3v) is 4.60. The lowest BCUT2D eigenvalue weighted by Gasteiger charge is -2.02. The molecular formula is C12H13ClN2OS2. The van der Waals surface area contributed by atoms with Gasteiger partial charge in [-0.1, -0.05) is 17.7 Å². The van der Waals surface area contributed by atoms with Gasteiger partial charge in [0.15, 0.2) is 0 Å². The fourth-order valence-electron chi connectivity index (χ4n) is 1.64. The summed E-state index contributed by atoms with van der Waals surface area (Å²) >= 11 is 9.16. The number of nitrogen functional groups attached to an aromatic ring is 1. The van der Waals surface area contributed by atoms with Gasteiger partial charge in [0.05, 0.1) is 10.7 Å². The maximum atomic E-state index is 12.0. The molecule has 0 aliphatic carbocycles. The zero-order valence-corrected chi connectivity index (χ0v) is 12.2. The molecule has 1 aromatic heterocycles. The molecule has 0 radical (unpaired) electrons. The number of nitrogens with one attached hydrogen (secondary N) is 1. The molecule has 3 nitrogen and oxygen atoms in total. The SMILES string of the molecule is CSCCNC(=O)c1sc2cccc(Cl)c2c1N. The third-order valence-electron chi connectivity index (χ3n) is 2.50. The topological polar surface area (TPSA) is 55.1 Å². The largest absolute Gasteiger partial charge is 0.397 e. The number of carbonyl (C=O) groups is 1. The summed E-state index contributed by atoms with van der Waals surface area (Å²) in [4.78, 5) is 12.5. The predicted molar refractivity (Wildman–Crippen MR) is 82.0 cm³/mol. The Morgan fingerprint density at radius 1 is 1.56 bits per heavy atom. The molecule has 0 spiro atoms. The summed E-state index contributed by atoms with van der Waals surface area (Å²) in [5.74, 6) is 0.760. The van der Waals surface area contributed by atoms with Gasteiger partial charge in [0, 0.05) is 22.4 Å². The minimum atomic E-state index is -0.126. The molecule has 0 unspecified atom stereocenters. The van der Waals surface area contributed by atoms with E-state index >= 15 is 0 Å². The van der Waals surface area contributed by atoms with Crippen molar-refractivity contribution in [1.82, 2.24) is 5.32 Å². The van der Waals surface area contributed by atoms with Crippen molar-refractivity contribution in [2.24, 2.45) is 0 Å². The highest BCUT2D eigenvalue weighted by molar-refractivity contribution is 7.98. The first kappa shape index (κ1) is 13.5. The van der Waals surface area contributed by atoms with Gasteiger partial charge in [-0.2, -0.15) is 11.8 Å². The number of halogens is 1. The van der Waals surface area contributed by atoms with E-state index < -0.39 is 0 Å². The Labute approximate surface area is 119 Å². The lowest BCUT2D eigenvalue weighted by molar-refractivity contribution is 0.0961. The first-order valence-electron chi connectivity index (χ1n) is 5.38. The summed E-state index contributed by atoms with van der Waals surface area (Å²) in [5, 5.41) is 4.21. The zero-order valence-electron chi connectivity index (χ0n) is 9.83. The summed E-state index contributed by atoms with van der Waals surface area (Å²) in [6, 6.07) is 5.55. The van der Waals surface area contributed by atoms with E-state index in [0.29, 0.717) is 22.1 Å². The molecule has 0 fully saturated rings. The van der Waals surface area contributed by atoms with Crippen LogP contribution in [0.3, 0.4) is 0 Å². The van der Waals surface area contributed by atoms with Crippen molar-refractivity contribution >= 4 is 56.4 Å². The number of benzene rings is 1. The van der Waals surface area contributed by atoms with E-state index in [9.17, 15) is 4.79 Å². The molecule has 18 heavy (non-hydrogen) atoms. The van der Waals surface area contributed by atoms with Crippen LogP contribution < -0.4 is 11.1 Å². The molecule has 2 aromatic rings. The number of thioether (sulfide) groups is 1. The van der Waals surface area contributed by atoms with Crippen LogP contribution in [-0.2, 0) is 0 Å². The molecule has 0 saturated carbocycles. The lowest BCUT2D eigenvalue weighted by atomic mass is 10.2. The van der Waals surface area contributed by atoms with Gasteiger partial charge in [-0.15, -0.1) is 11.3 Å². The van der Waals surface area contributed by atoms with Crippen LogP contribution in [-0.4, -0.2) is 24.5 Å². The Hall–Kier alpha value is -0.910. The third kappa shape index (κ3) is 2.58. The first-order chi connectivity index (χ1) is 8.65. The Balaban J connectivity index is 2.31. The number of anilines is 1. The number of hydrogen-bond acceptors (Lipinski definition) is 4. The van der Waals surface area contributed by atoms with Gasteiger partial charge >= 0.3 is 0 Å². The standard InChI is InChI=1S/C12H13ClN2OS2/c1-17-6-5-15-12(16)11-10(14)9-7(13)3-2-4-8(9)18-11/h2-4H,5-6,14H2,1H3,(H,15,16). The molecule has 0 bridgehead atoms. The molecule has 2 rings (SSSR count). The summed E-state index contributed by atoms with van der Waals surface area (Å²) in [6.07, 6.45) is 2.00. The van der Waals surface area contributed by atoms with Crippen molar-refractivity contribution in [3.63, 3.8) is 0 Å². The second kappa shape index (κ2) is 5.82. The molecule has 3 N–H and O–H groups in total. The highest BCUT2D eigenvalue weighted by atomic mass is 35.5. The average molecular weight is 301 g/mol. The normalized spacial score (nSPS) is 10.8. The van der Waals surface area contributed by atoms with E-state index in [1.165, 1.54) is 11.3 Å². The van der Waals surface area contributed by atoms with Crippen LogP contribution in [0.5, 0.6) is 0 Å². The predicted octanol–water partition coefficient (Wildman–Crippen LogP) is 3.23. The minimum absolute atomic E-state index is 0.126. The smallest absolute Gasteiger partial charge is 0.263 e. The number of rotatable bonds is 4. The molecule has 6 heteroatoms. The fourth-order valence-corrected chi connectivity index (χ4v) is 3.35. The van der Waals surface area contributed by atoms with Crippen molar-refractivity contribution in [2.45, 2.75) is 0 Å². The highest BCUT2D eigenvalue weighted by Crippen LogP contribution is 2.37. The van der Waals surface area contributed by atoms with Crippen LogP contribution in [0, 0.1) is 0 Å². The van der Waals surface area contributed by atoms with Crippen LogP contribution >= 0.6 is 34.7 Å². The molecule has 1 heterocycles. The van der Waals surface area contributed by atoms with E-state index in [1.54, 1.807) is 17.8 Å². The first-order valence-corrected chi connectivity index (χ1v) is 7.97. The maximum absolute atomic E-state index is 12.0. The average Bonchev–Trinajstić information content (AvgIpc) is 2.68. The molecule has 96 valence electrons. The van der Waals surface area contributed by atoms with Crippen LogP contribution in [0.2, 0.25) is 5.02 Å². The summed E-state index contributed by atoms with van der Waals surface area (Å²) in [5.41, 5.74) is 6.48. The number of fused-ring (bicyclic) bond motifs is 1. The molecule has 1 amide bonds. The lowest BCUT2D eigenvalue weighted by Crippen LogP contribution is -2.25. The van der Waals surface area contributed by atoms with Crippen LogP contribution in [0.25, 0.3) is 10.1 Å². The van der Waals surface area contributed by atoms with E-state index in [2.05, 4.69) is 5.32 Å². The van der Waals surface area contributed by atoms with Crippen LogP contribution in [0.1, 0.15) is 9.67 Å². The Morgan fingerprint density at radius 3 is 3.00 bits per heavy atom. The molecule has 1 aromatic carbocycles. The van der Waals surface area contributed by atoms with Crippen molar-refractivity contribution < 1.29 is 4.79 Å². The van der Waals surface area contributed by atoms with E-state index in [0.717, 1.165) is 15.8 Å². The van der Waals surface area contributed by atoms with Crippen molar-refractivity contribution in [3.8, 4) is 0 Å². The summed E-state index contributed by atoms with van der Waals surface area (Å²) in [7, 11) is 0. The van der Waals surface area contributed by atoms with E-state index in [1.807, 2.05) is 18.4 Å². The molecule has 0 aliphatic heterocycles. The quantitative estimate of drug-likeness (QED) is 0.852. The molecule has 0 saturated heterocycles. The van der Waals surface area contributed by atoms with Gasteiger partial charge in [-0.3, -0.25) is 4.79 Å². The maximum Gasteiger partial charge on any atom is 0.263 e. The zero-order chi connectivity index (χ0) is 13.1. The summed E-state index contributed by atoms with van der Waals surface area (Å²) in [6.45, 7) is 0.640. The fraction of sp³-hybridized carbons (Fsp3) is 0.250.